The average Bonchev–Trinajstić information content (AvgIpc) is 3.04. The van der Waals surface area contributed by atoms with Crippen LogP contribution in [0.2, 0.25) is 0 Å². The Labute approximate surface area is 162 Å². The Balaban J connectivity index is 1.86. The molecule has 1 atom stereocenters. The Hall–Kier alpha value is -0.730. The zero-order valence-corrected chi connectivity index (χ0v) is 17.0. The number of benzene rings is 2. The molecule has 0 aliphatic carbocycles. The van der Waals surface area contributed by atoms with Gasteiger partial charge < -0.3 is 9.64 Å². The minimum absolute atomic E-state index is 0.0454. The van der Waals surface area contributed by atoms with E-state index in [-0.39, 0.29) is 11.3 Å². The molecule has 0 saturated carbocycles. The molecular formula is C17H15BrINO2S. The van der Waals surface area contributed by atoms with Crippen LogP contribution in [-0.4, -0.2) is 30.2 Å². The van der Waals surface area contributed by atoms with Crippen LogP contribution in [0.5, 0.6) is 5.75 Å². The number of halogens is 2. The summed E-state index contributed by atoms with van der Waals surface area (Å²) in [5.41, 5.74) is 1.85. The fourth-order valence-corrected chi connectivity index (χ4v) is 4.71. The standard InChI is InChI=1S/C17H15BrINO2S/c1-22-15-7-4-12(10-14(15)18)17-20(8-9-23-17)16(21)11-2-5-13(19)6-3-11/h2-7,10,17H,8-9H2,1H3. The molecule has 1 fully saturated rings. The summed E-state index contributed by atoms with van der Waals surface area (Å²) in [5.74, 6) is 1.83. The Morgan fingerprint density at radius 3 is 2.70 bits per heavy atom. The molecule has 1 amide bonds. The number of methoxy groups -OCH3 is 1. The molecule has 0 aromatic heterocycles. The van der Waals surface area contributed by atoms with Crippen LogP contribution >= 0.6 is 50.3 Å². The Morgan fingerprint density at radius 2 is 2.04 bits per heavy atom. The van der Waals surface area contributed by atoms with Gasteiger partial charge >= 0.3 is 0 Å². The van der Waals surface area contributed by atoms with E-state index in [9.17, 15) is 4.79 Å². The largest absolute Gasteiger partial charge is 0.496 e. The van der Waals surface area contributed by atoms with Gasteiger partial charge in [0.1, 0.15) is 11.1 Å². The molecule has 0 bridgehead atoms. The van der Waals surface area contributed by atoms with Crippen LogP contribution in [0.25, 0.3) is 0 Å². The third-order valence-electron chi connectivity index (χ3n) is 3.70. The van der Waals surface area contributed by atoms with Crippen molar-refractivity contribution in [2.75, 3.05) is 19.4 Å². The Bertz CT molecular complexity index is 723. The number of ether oxygens (including phenoxy) is 1. The van der Waals surface area contributed by atoms with Gasteiger partial charge in [-0.25, -0.2) is 0 Å². The van der Waals surface area contributed by atoms with Crippen molar-refractivity contribution in [2.24, 2.45) is 0 Å². The highest BCUT2D eigenvalue weighted by molar-refractivity contribution is 14.1. The number of carbonyl (C=O) groups is 1. The number of rotatable bonds is 3. The summed E-state index contributed by atoms with van der Waals surface area (Å²) in [6, 6.07) is 13.7. The van der Waals surface area contributed by atoms with Crippen LogP contribution in [0, 0.1) is 3.57 Å². The predicted molar refractivity (Wildman–Crippen MR) is 106 cm³/mol. The van der Waals surface area contributed by atoms with Crippen LogP contribution in [-0.2, 0) is 0 Å². The minimum atomic E-state index is 0.0454. The summed E-state index contributed by atoms with van der Waals surface area (Å²) in [7, 11) is 1.65. The number of carbonyl (C=O) groups excluding carboxylic acids is 1. The second kappa shape index (κ2) is 7.44. The first-order valence-electron chi connectivity index (χ1n) is 7.11. The van der Waals surface area contributed by atoms with Crippen molar-refractivity contribution >= 4 is 56.2 Å². The highest BCUT2D eigenvalue weighted by atomic mass is 127. The molecule has 3 nitrogen and oxygen atoms in total. The van der Waals surface area contributed by atoms with Crippen LogP contribution in [0.4, 0.5) is 0 Å². The van der Waals surface area contributed by atoms with Gasteiger partial charge in [-0.3, -0.25) is 4.79 Å². The summed E-state index contributed by atoms with van der Waals surface area (Å²) in [5, 5.41) is 0.0454. The van der Waals surface area contributed by atoms with E-state index in [0.29, 0.717) is 0 Å². The lowest BCUT2D eigenvalue weighted by Crippen LogP contribution is -2.30. The Kier molecular flexibility index (Phi) is 5.53. The lowest BCUT2D eigenvalue weighted by molar-refractivity contribution is 0.0760. The van der Waals surface area contributed by atoms with Crippen molar-refractivity contribution in [1.29, 1.82) is 0 Å². The molecule has 3 rings (SSSR count). The maximum absolute atomic E-state index is 12.8. The summed E-state index contributed by atoms with van der Waals surface area (Å²) < 4.78 is 7.32. The van der Waals surface area contributed by atoms with E-state index in [2.05, 4.69) is 38.5 Å². The highest BCUT2D eigenvalue weighted by Crippen LogP contribution is 2.41. The fraction of sp³-hybridized carbons (Fsp3) is 0.235. The summed E-state index contributed by atoms with van der Waals surface area (Å²) in [6.45, 7) is 0.768. The maximum atomic E-state index is 12.8. The third kappa shape index (κ3) is 3.69. The van der Waals surface area contributed by atoms with Gasteiger partial charge in [-0.05, 0) is 80.5 Å². The Morgan fingerprint density at radius 1 is 1.30 bits per heavy atom. The molecule has 0 N–H and O–H groups in total. The first kappa shape index (κ1) is 17.1. The molecule has 23 heavy (non-hydrogen) atoms. The van der Waals surface area contributed by atoms with E-state index in [1.807, 2.05) is 47.4 Å². The van der Waals surface area contributed by atoms with Gasteiger partial charge in [0.2, 0.25) is 0 Å². The van der Waals surface area contributed by atoms with Crippen molar-refractivity contribution < 1.29 is 9.53 Å². The minimum Gasteiger partial charge on any atom is -0.496 e. The second-order valence-electron chi connectivity index (χ2n) is 5.12. The molecule has 1 saturated heterocycles. The van der Waals surface area contributed by atoms with Crippen molar-refractivity contribution in [2.45, 2.75) is 5.37 Å². The van der Waals surface area contributed by atoms with Crippen LogP contribution in [0.3, 0.4) is 0 Å². The molecular weight excluding hydrogens is 489 g/mol. The molecule has 6 heteroatoms. The zero-order valence-electron chi connectivity index (χ0n) is 12.5. The zero-order chi connectivity index (χ0) is 16.4. The maximum Gasteiger partial charge on any atom is 0.255 e. The van der Waals surface area contributed by atoms with Crippen LogP contribution in [0.1, 0.15) is 21.3 Å². The fourth-order valence-electron chi connectivity index (χ4n) is 2.55. The molecule has 0 radical (unpaired) electrons. The molecule has 1 aliphatic heterocycles. The number of hydrogen-bond donors (Lipinski definition) is 0. The smallest absolute Gasteiger partial charge is 0.255 e. The quantitative estimate of drug-likeness (QED) is 0.555. The number of nitrogens with zero attached hydrogens (tertiary/aromatic N) is 1. The van der Waals surface area contributed by atoms with E-state index in [1.54, 1.807) is 18.9 Å². The van der Waals surface area contributed by atoms with Crippen molar-refractivity contribution in [3.8, 4) is 5.75 Å². The van der Waals surface area contributed by atoms with Gasteiger partial charge in [0.25, 0.3) is 5.91 Å². The van der Waals surface area contributed by atoms with Crippen LogP contribution in [0.15, 0.2) is 46.9 Å². The van der Waals surface area contributed by atoms with Crippen molar-refractivity contribution in [1.82, 2.24) is 4.90 Å². The van der Waals surface area contributed by atoms with E-state index >= 15 is 0 Å². The second-order valence-corrected chi connectivity index (χ2v) is 8.41. The van der Waals surface area contributed by atoms with E-state index in [0.717, 1.165) is 37.2 Å². The summed E-state index contributed by atoms with van der Waals surface area (Å²) in [6.07, 6.45) is 0. The van der Waals surface area contributed by atoms with Gasteiger partial charge in [-0.15, -0.1) is 11.8 Å². The van der Waals surface area contributed by atoms with Crippen molar-refractivity contribution in [3.63, 3.8) is 0 Å². The first-order valence-corrected chi connectivity index (χ1v) is 10.0. The molecule has 120 valence electrons. The van der Waals surface area contributed by atoms with E-state index < -0.39 is 0 Å². The molecule has 1 unspecified atom stereocenters. The van der Waals surface area contributed by atoms with Gasteiger partial charge in [0.05, 0.1) is 11.6 Å². The number of amides is 1. The summed E-state index contributed by atoms with van der Waals surface area (Å²) in [4.78, 5) is 14.8. The molecule has 2 aromatic carbocycles. The number of hydrogen-bond acceptors (Lipinski definition) is 3. The third-order valence-corrected chi connectivity index (χ3v) is 6.30. The van der Waals surface area contributed by atoms with E-state index in [4.69, 9.17) is 4.74 Å². The van der Waals surface area contributed by atoms with Gasteiger partial charge in [0, 0.05) is 21.4 Å². The normalized spacial score (nSPS) is 17.3. The first-order chi connectivity index (χ1) is 11.1. The van der Waals surface area contributed by atoms with Gasteiger partial charge in [-0.1, -0.05) is 6.07 Å². The van der Waals surface area contributed by atoms with E-state index in [1.165, 1.54) is 0 Å². The SMILES string of the molecule is COc1ccc(C2SCCN2C(=O)c2ccc(I)cc2)cc1Br. The lowest BCUT2D eigenvalue weighted by Gasteiger charge is -2.24. The predicted octanol–water partition coefficient (Wildman–Crippen LogP) is 4.95. The lowest BCUT2D eigenvalue weighted by atomic mass is 10.1. The molecule has 2 aromatic rings. The van der Waals surface area contributed by atoms with Crippen LogP contribution < -0.4 is 4.74 Å². The monoisotopic (exact) mass is 503 g/mol. The highest BCUT2D eigenvalue weighted by Gasteiger charge is 2.31. The molecule has 1 heterocycles. The van der Waals surface area contributed by atoms with Gasteiger partial charge in [-0.2, -0.15) is 0 Å². The average molecular weight is 504 g/mol. The molecule has 1 aliphatic rings. The van der Waals surface area contributed by atoms with Crippen molar-refractivity contribution in [3.05, 3.63) is 61.6 Å². The van der Waals surface area contributed by atoms with Gasteiger partial charge in [0.15, 0.2) is 0 Å². The summed E-state index contributed by atoms with van der Waals surface area (Å²) >= 11 is 7.57. The number of thioether (sulfide) groups is 1. The molecule has 0 spiro atoms. The topological polar surface area (TPSA) is 29.5 Å².